The van der Waals surface area contributed by atoms with Crippen LogP contribution in [-0.4, -0.2) is 19.2 Å². The van der Waals surface area contributed by atoms with Crippen LogP contribution in [0.1, 0.15) is 40.2 Å². The number of hydrogen-bond donors (Lipinski definition) is 1. The van der Waals surface area contributed by atoms with Crippen molar-refractivity contribution in [2.45, 2.75) is 46.6 Å². The minimum absolute atomic E-state index is 0.109. The van der Waals surface area contributed by atoms with Crippen molar-refractivity contribution in [1.29, 1.82) is 0 Å². The van der Waals surface area contributed by atoms with Crippen LogP contribution in [0.2, 0.25) is 0 Å². The highest BCUT2D eigenvalue weighted by molar-refractivity contribution is 5.29. The smallest absolute Gasteiger partial charge is 0.165 e. The van der Waals surface area contributed by atoms with E-state index in [1.54, 1.807) is 12.1 Å². The normalized spacial score (nSPS) is 13.6. The fourth-order valence-corrected chi connectivity index (χ4v) is 2.12. The second-order valence-corrected chi connectivity index (χ2v) is 6.81. The average Bonchev–Trinajstić information content (AvgIpc) is 2.33. The molecule has 0 heterocycles. The minimum atomic E-state index is -0.281. The van der Waals surface area contributed by atoms with Crippen LogP contribution in [-0.2, 0) is 6.42 Å². The van der Waals surface area contributed by atoms with E-state index in [0.717, 1.165) is 18.5 Å². The molecule has 0 bridgehead atoms. The van der Waals surface area contributed by atoms with Crippen molar-refractivity contribution in [3.05, 3.63) is 29.6 Å². The molecule has 20 heavy (non-hydrogen) atoms. The van der Waals surface area contributed by atoms with Gasteiger partial charge in [-0.1, -0.05) is 19.9 Å². The van der Waals surface area contributed by atoms with E-state index in [1.807, 2.05) is 6.07 Å². The molecule has 0 saturated carbocycles. The van der Waals surface area contributed by atoms with Gasteiger partial charge in [-0.25, -0.2) is 4.39 Å². The second kappa shape index (κ2) is 7.07. The van der Waals surface area contributed by atoms with Crippen molar-refractivity contribution in [1.82, 2.24) is 5.32 Å². The Hall–Kier alpha value is -1.09. The maximum absolute atomic E-state index is 13.7. The number of ether oxygens (including phenoxy) is 1. The van der Waals surface area contributed by atoms with Gasteiger partial charge in [-0.15, -0.1) is 0 Å². The summed E-state index contributed by atoms with van der Waals surface area (Å²) in [5.74, 6) is 1.07. The molecule has 1 N–H and O–H groups in total. The molecule has 0 amide bonds. The van der Waals surface area contributed by atoms with Crippen molar-refractivity contribution >= 4 is 0 Å². The van der Waals surface area contributed by atoms with Crippen LogP contribution in [0.25, 0.3) is 0 Å². The van der Waals surface area contributed by atoms with Gasteiger partial charge in [0, 0.05) is 5.54 Å². The minimum Gasteiger partial charge on any atom is -0.494 e. The number of benzene rings is 1. The molecule has 0 aliphatic rings. The Morgan fingerprint density at radius 3 is 2.35 bits per heavy atom. The van der Waals surface area contributed by atoms with Crippen LogP contribution in [0, 0.1) is 17.7 Å². The highest BCUT2D eigenvalue weighted by Gasteiger charge is 2.18. The van der Waals surface area contributed by atoms with Crippen LogP contribution in [0.4, 0.5) is 4.39 Å². The summed E-state index contributed by atoms with van der Waals surface area (Å²) >= 11 is 0. The molecular weight excluding hydrogens is 253 g/mol. The first-order chi connectivity index (χ1) is 9.23. The number of halogens is 1. The molecule has 1 rings (SSSR count). The molecule has 1 aromatic rings. The summed E-state index contributed by atoms with van der Waals surface area (Å²) in [5.41, 5.74) is 1.14. The van der Waals surface area contributed by atoms with Crippen LogP contribution in [0.5, 0.6) is 5.75 Å². The molecule has 3 heteroatoms. The fourth-order valence-electron chi connectivity index (χ4n) is 2.12. The van der Waals surface area contributed by atoms with Crippen LogP contribution in [0.3, 0.4) is 0 Å². The predicted molar refractivity (Wildman–Crippen MR) is 82.7 cm³/mol. The van der Waals surface area contributed by atoms with E-state index < -0.39 is 0 Å². The Kier molecular flexibility index (Phi) is 6.00. The van der Waals surface area contributed by atoms with E-state index in [4.69, 9.17) is 4.74 Å². The lowest BCUT2D eigenvalue weighted by atomic mass is 9.88. The molecule has 0 saturated heterocycles. The quantitative estimate of drug-likeness (QED) is 0.850. The molecule has 0 fully saturated rings. The van der Waals surface area contributed by atoms with Gasteiger partial charge in [0.1, 0.15) is 0 Å². The Morgan fingerprint density at radius 2 is 1.90 bits per heavy atom. The summed E-state index contributed by atoms with van der Waals surface area (Å²) < 4.78 is 18.7. The molecular formula is C17H28FNO. The number of hydrogen-bond acceptors (Lipinski definition) is 2. The standard InChI is InChI=1S/C17H28FNO/c1-12(2)14(11-19-17(3,4)5)9-13-7-8-16(20-6)15(18)10-13/h7-8,10,12,14,19H,9,11H2,1-6H3. The Balaban J connectivity index is 2.73. The monoisotopic (exact) mass is 281 g/mol. The summed E-state index contributed by atoms with van der Waals surface area (Å²) in [7, 11) is 1.49. The lowest BCUT2D eigenvalue weighted by Gasteiger charge is -2.27. The van der Waals surface area contributed by atoms with Gasteiger partial charge in [-0.2, -0.15) is 0 Å². The van der Waals surface area contributed by atoms with Gasteiger partial charge in [-0.3, -0.25) is 0 Å². The molecule has 0 aromatic heterocycles. The van der Waals surface area contributed by atoms with Crippen LogP contribution >= 0.6 is 0 Å². The number of methoxy groups -OCH3 is 1. The molecule has 0 aliphatic carbocycles. The third kappa shape index (κ3) is 5.49. The van der Waals surface area contributed by atoms with Crippen molar-refractivity contribution in [3.63, 3.8) is 0 Å². The first kappa shape index (κ1) is 17.0. The summed E-state index contributed by atoms with van der Waals surface area (Å²) in [6.07, 6.45) is 0.877. The average molecular weight is 281 g/mol. The molecule has 2 nitrogen and oxygen atoms in total. The molecule has 0 spiro atoms. The fraction of sp³-hybridized carbons (Fsp3) is 0.647. The molecule has 1 aromatic carbocycles. The summed E-state index contributed by atoms with van der Waals surface area (Å²) in [5, 5.41) is 3.54. The first-order valence-electron chi connectivity index (χ1n) is 7.30. The third-order valence-corrected chi connectivity index (χ3v) is 3.55. The predicted octanol–water partition coefficient (Wildman–Crippen LogP) is 4.04. The van der Waals surface area contributed by atoms with Crippen LogP contribution < -0.4 is 10.1 Å². The van der Waals surface area contributed by atoms with E-state index >= 15 is 0 Å². The van der Waals surface area contributed by atoms with E-state index in [0.29, 0.717) is 17.6 Å². The zero-order valence-electron chi connectivity index (χ0n) is 13.6. The topological polar surface area (TPSA) is 21.3 Å². The van der Waals surface area contributed by atoms with E-state index in [-0.39, 0.29) is 11.4 Å². The van der Waals surface area contributed by atoms with Crippen molar-refractivity contribution < 1.29 is 9.13 Å². The largest absolute Gasteiger partial charge is 0.494 e. The van der Waals surface area contributed by atoms with Crippen LogP contribution in [0.15, 0.2) is 18.2 Å². The van der Waals surface area contributed by atoms with Gasteiger partial charge in [-0.05, 0) is 63.3 Å². The van der Waals surface area contributed by atoms with Crippen molar-refractivity contribution in [2.24, 2.45) is 11.8 Å². The summed E-state index contributed by atoms with van der Waals surface area (Å²) in [4.78, 5) is 0. The van der Waals surface area contributed by atoms with E-state index in [2.05, 4.69) is 39.9 Å². The molecule has 1 atom stereocenters. The summed E-state index contributed by atoms with van der Waals surface area (Å²) in [6, 6.07) is 5.25. The molecule has 1 unspecified atom stereocenters. The highest BCUT2D eigenvalue weighted by atomic mass is 19.1. The number of nitrogens with one attached hydrogen (secondary N) is 1. The Morgan fingerprint density at radius 1 is 1.25 bits per heavy atom. The van der Waals surface area contributed by atoms with Crippen molar-refractivity contribution in [3.8, 4) is 5.75 Å². The maximum Gasteiger partial charge on any atom is 0.165 e. The lowest BCUT2D eigenvalue weighted by molar-refractivity contribution is 0.311. The van der Waals surface area contributed by atoms with E-state index in [9.17, 15) is 4.39 Å². The highest BCUT2D eigenvalue weighted by Crippen LogP contribution is 2.22. The van der Waals surface area contributed by atoms with Gasteiger partial charge >= 0.3 is 0 Å². The summed E-state index contributed by atoms with van der Waals surface area (Å²) in [6.45, 7) is 11.9. The SMILES string of the molecule is COc1ccc(CC(CNC(C)(C)C)C(C)C)cc1F. The second-order valence-electron chi connectivity index (χ2n) is 6.81. The van der Waals surface area contributed by atoms with Gasteiger partial charge in [0.2, 0.25) is 0 Å². The Bertz CT molecular complexity index is 423. The zero-order valence-corrected chi connectivity index (χ0v) is 13.6. The molecule has 114 valence electrons. The first-order valence-corrected chi connectivity index (χ1v) is 7.30. The molecule has 0 radical (unpaired) electrons. The number of rotatable bonds is 6. The third-order valence-electron chi connectivity index (χ3n) is 3.55. The molecule has 0 aliphatic heterocycles. The van der Waals surface area contributed by atoms with Crippen molar-refractivity contribution in [2.75, 3.05) is 13.7 Å². The van der Waals surface area contributed by atoms with Gasteiger partial charge in [0.05, 0.1) is 7.11 Å². The van der Waals surface area contributed by atoms with Gasteiger partial charge < -0.3 is 10.1 Å². The Labute approximate surface area is 122 Å². The van der Waals surface area contributed by atoms with Gasteiger partial charge in [0.25, 0.3) is 0 Å². The zero-order chi connectivity index (χ0) is 15.3. The van der Waals surface area contributed by atoms with E-state index in [1.165, 1.54) is 7.11 Å². The van der Waals surface area contributed by atoms with Gasteiger partial charge in [0.15, 0.2) is 11.6 Å². The lowest BCUT2D eigenvalue weighted by Crippen LogP contribution is -2.40. The maximum atomic E-state index is 13.7.